The monoisotopic (exact) mass is 386 g/mol. The van der Waals surface area contributed by atoms with Gasteiger partial charge in [0.05, 0.1) is 0 Å². The molecule has 1 aromatic heterocycles. The maximum Gasteiger partial charge on any atom is 0.435 e. The van der Waals surface area contributed by atoms with Crippen molar-refractivity contribution in [2.24, 2.45) is 5.92 Å². The first-order valence-electron chi connectivity index (χ1n) is 9.84. The number of nitrogens with one attached hydrogen (secondary N) is 1. The number of carbonyl (C=O) groups is 1. The Morgan fingerprint density at radius 3 is 2.44 bits per heavy atom. The lowest BCUT2D eigenvalue weighted by Crippen LogP contribution is -2.46. The molecule has 5 nitrogen and oxygen atoms in total. The van der Waals surface area contributed by atoms with Gasteiger partial charge in [-0.2, -0.15) is 18.3 Å². The van der Waals surface area contributed by atoms with Gasteiger partial charge in [0.25, 0.3) is 0 Å². The van der Waals surface area contributed by atoms with E-state index in [-0.39, 0.29) is 17.9 Å². The van der Waals surface area contributed by atoms with Crippen LogP contribution < -0.4 is 5.32 Å². The van der Waals surface area contributed by atoms with Crippen LogP contribution in [0.25, 0.3) is 0 Å². The lowest BCUT2D eigenvalue weighted by atomic mass is 9.99. The van der Waals surface area contributed by atoms with E-state index in [4.69, 9.17) is 0 Å². The molecular formula is C19H29F3N4O. The number of alkyl halides is 3. The van der Waals surface area contributed by atoms with Crippen LogP contribution in [0.4, 0.5) is 13.2 Å². The highest BCUT2D eigenvalue weighted by molar-refractivity contribution is 5.80. The molecule has 0 radical (unpaired) electrons. The summed E-state index contributed by atoms with van der Waals surface area (Å²) in [5, 5.41) is 6.66. The smallest absolute Gasteiger partial charge is 0.351 e. The van der Waals surface area contributed by atoms with Crippen molar-refractivity contribution in [1.82, 2.24) is 20.0 Å². The Balaban J connectivity index is 1.62. The van der Waals surface area contributed by atoms with Gasteiger partial charge < -0.3 is 10.2 Å². The molecule has 152 valence electrons. The first-order valence-corrected chi connectivity index (χ1v) is 9.84. The van der Waals surface area contributed by atoms with Crippen molar-refractivity contribution in [3.05, 3.63) is 17.5 Å². The van der Waals surface area contributed by atoms with Gasteiger partial charge >= 0.3 is 6.18 Å². The Morgan fingerprint density at radius 1 is 1.26 bits per heavy atom. The Kier molecular flexibility index (Phi) is 5.84. The van der Waals surface area contributed by atoms with Gasteiger partial charge in [0.1, 0.15) is 6.04 Å². The summed E-state index contributed by atoms with van der Waals surface area (Å²) in [4.78, 5) is 15.0. The molecule has 1 aromatic rings. The molecule has 1 saturated heterocycles. The van der Waals surface area contributed by atoms with E-state index in [0.29, 0.717) is 5.69 Å². The number of carbonyl (C=O) groups excluding carboxylic acids is 1. The third-order valence-electron chi connectivity index (χ3n) is 5.59. The molecule has 27 heavy (non-hydrogen) atoms. The summed E-state index contributed by atoms with van der Waals surface area (Å²) < 4.78 is 40.4. The van der Waals surface area contributed by atoms with Gasteiger partial charge in [0.15, 0.2) is 5.69 Å². The van der Waals surface area contributed by atoms with Crippen molar-refractivity contribution in [3.8, 4) is 0 Å². The molecule has 1 saturated carbocycles. The summed E-state index contributed by atoms with van der Waals surface area (Å²) in [6.07, 6.45) is -0.476. The summed E-state index contributed by atoms with van der Waals surface area (Å²) in [5.41, 5.74) is -0.401. The Bertz CT molecular complexity index is 660. The number of likely N-dealkylation sites (tertiary alicyclic amines) is 1. The molecule has 0 bridgehead atoms. The van der Waals surface area contributed by atoms with Crippen molar-refractivity contribution < 1.29 is 18.0 Å². The van der Waals surface area contributed by atoms with Crippen LogP contribution in [-0.4, -0.2) is 46.3 Å². The van der Waals surface area contributed by atoms with Crippen molar-refractivity contribution in [1.29, 1.82) is 0 Å². The van der Waals surface area contributed by atoms with Crippen molar-refractivity contribution in [3.63, 3.8) is 0 Å². The third kappa shape index (κ3) is 5.03. The zero-order valence-corrected chi connectivity index (χ0v) is 16.2. The molecule has 0 aromatic carbocycles. The number of hydrogen-bond donors (Lipinski definition) is 1. The zero-order chi connectivity index (χ0) is 19.8. The molecule has 3 rings (SSSR count). The number of halogens is 3. The Morgan fingerprint density at radius 2 is 1.89 bits per heavy atom. The normalized spacial score (nSPS) is 21.9. The van der Waals surface area contributed by atoms with Crippen LogP contribution in [0.15, 0.2) is 6.07 Å². The largest absolute Gasteiger partial charge is 0.435 e. The van der Waals surface area contributed by atoms with Crippen LogP contribution in [0.2, 0.25) is 0 Å². The highest BCUT2D eigenvalue weighted by Crippen LogP contribution is 2.42. The molecule has 0 unspecified atom stereocenters. The molecule has 2 aliphatic rings. The maximum atomic E-state index is 13.0. The van der Waals surface area contributed by atoms with E-state index < -0.39 is 17.9 Å². The zero-order valence-electron chi connectivity index (χ0n) is 16.2. The molecular weight excluding hydrogens is 357 g/mol. The highest BCUT2D eigenvalue weighted by Gasteiger charge is 2.39. The summed E-state index contributed by atoms with van der Waals surface area (Å²) >= 11 is 0. The fraction of sp³-hybridized carbons (Fsp3) is 0.789. The molecule has 1 aliphatic heterocycles. The van der Waals surface area contributed by atoms with E-state index in [1.54, 1.807) is 6.92 Å². The molecule has 8 heteroatoms. The van der Waals surface area contributed by atoms with Gasteiger partial charge in [-0.25, -0.2) is 0 Å². The second-order valence-corrected chi connectivity index (χ2v) is 8.24. The number of nitrogens with zero attached hydrogens (tertiary/aromatic N) is 3. The van der Waals surface area contributed by atoms with E-state index in [1.165, 1.54) is 4.68 Å². The summed E-state index contributed by atoms with van der Waals surface area (Å²) in [6, 6.07) is 0.274. The molecule has 2 fully saturated rings. The highest BCUT2D eigenvalue weighted by atomic mass is 19.4. The van der Waals surface area contributed by atoms with Crippen LogP contribution in [0.5, 0.6) is 0 Å². The summed E-state index contributed by atoms with van der Waals surface area (Å²) in [5.74, 6) is 0.540. The lowest BCUT2D eigenvalue weighted by Gasteiger charge is -2.32. The van der Waals surface area contributed by atoms with Crippen LogP contribution >= 0.6 is 0 Å². The topological polar surface area (TPSA) is 50.2 Å². The van der Waals surface area contributed by atoms with E-state index >= 15 is 0 Å². The standard InChI is InChI=1S/C19H29F3N4O/c1-12-6-8-25(9-7-12)11-13(2)23-18(27)14(3)26-16(15-4-5-15)10-17(24-26)19(20,21)22/h10,12-15H,4-9,11H2,1-3H3,(H,23,27)/t13-,14+/m0/s1. The molecule has 1 N–H and O–H groups in total. The average Bonchev–Trinajstić information content (AvgIpc) is 3.33. The van der Waals surface area contributed by atoms with Gasteiger partial charge in [0, 0.05) is 24.2 Å². The first-order chi connectivity index (χ1) is 12.6. The Hall–Kier alpha value is -1.57. The van der Waals surface area contributed by atoms with Gasteiger partial charge in [-0.05, 0) is 64.6 Å². The van der Waals surface area contributed by atoms with E-state index in [0.717, 1.165) is 57.3 Å². The first kappa shape index (κ1) is 20.2. The van der Waals surface area contributed by atoms with Crippen LogP contribution in [0, 0.1) is 5.92 Å². The molecule has 2 heterocycles. The van der Waals surface area contributed by atoms with Gasteiger partial charge in [-0.3, -0.25) is 9.48 Å². The second kappa shape index (κ2) is 7.81. The number of hydrogen-bond acceptors (Lipinski definition) is 3. The number of aromatic nitrogens is 2. The second-order valence-electron chi connectivity index (χ2n) is 8.24. The van der Waals surface area contributed by atoms with E-state index in [9.17, 15) is 18.0 Å². The predicted octanol–water partition coefficient (Wildman–Crippen LogP) is 3.58. The number of piperidine rings is 1. The maximum absolute atomic E-state index is 13.0. The lowest BCUT2D eigenvalue weighted by molar-refractivity contribution is -0.142. The van der Waals surface area contributed by atoms with Gasteiger partial charge in [-0.1, -0.05) is 6.92 Å². The fourth-order valence-corrected chi connectivity index (χ4v) is 3.69. The third-order valence-corrected chi connectivity index (χ3v) is 5.59. The molecule has 2 atom stereocenters. The van der Waals surface area contributed by atoms with Crippen molar-refractivity contribution >= 4 is 5.91 Å². The Labute approximate surface area is 158 Å². The van der Waals surface area contributed by atoms with Crippen LogP contribution in [0.1, 0.15) is 69.8 Å². The number of amides is 1. The van der Waals surface area contributed by atoms with Crippen LogP contribution in [-0.2, 0) is 11.0 Å². The minimum absolute atomic E-state index is 0.0598. The van der Waals surface area contributed by atoms with Gasteiger partial charge in [0.2, 0.25) is 5.91 Å². The minimum Gasteiger partial charge on any atom is -0.351 e. The summed E-state index contributed by atoms with van der Waals surface area (Å²) in [7, 11) is 0. The quantitative estimate of drug-likeness (QED) is 0.813. The van der Waals surface area contributed by atoms with Gasteiger partial charge in [-0.15, -0.1) is 0 Å². The summed E-state index contributed by atoms with van der Waals surface area (Å²) in [6.45, 7) is 8.61. The molecule has 1 amide bonds. The number of rotatable bonds is 6. The molecule has 0 spiro atoms. The average molecular weight is 386 g/mol. The predicted molar refractivity (Wildman–Crippen MR) is 96.4 cm³/mol. The fourth-order valence-electron chi connectivity index (χ4n) is 3.69. The van der Waals surface area contributed by atoms with E-state index in [1.807, 2.05) is 6.92 Å². The SMILES string of the molecule is CC1CCN(C[C@H](C)NC(=O)[C@@H](C)n2nc(C(F)(F)F)cc2C2CC2)CC1. The van der Waals surface area contributed by atoms with Crippen LogP contribution in [0.3, 0.4) is 0 Å². The van der Waals surface area contributed by atoms with Crippen molar-refractivity contribution in [2.45, 2.75) is 70.6 Å². The van der Waals surface area contributed by atoms with Crippen molar-refractivity contribution in [2.75, 3.05) is 19.6 Å². The molecule has 1 aliphatic carbocycles. The van der Waals surface area contributed by atoms with E-state index in [2.05, 4.69) is 22.2 Å². The minimum atomic E-state index is -4.50.